The van der Waals surface area contributed by atoms with Gasteiger partial charge in [-0.05, 0) is 61.9 Å². The number of para-hydroxylation sites is 1. The predicted molar refractivity (Wildman–Crippen MR) is 253 cm³/mol. The van der Waals surface area contributed by atoms with Crippen molar-refractivity contribution in [2.45, 2.75) is 116 Å². The van der Waals surface area contributed by atoms with Gasteiger partial charge < -0.3 is 36.0 Å². The number of benzene rings is 2. The number of unbranched alkanes of at least 4 members (excludes halogenated alkanes) is 6. The molecular formula is C49H60N10O6S. The summed E-state index contributed by atoms with van der Waals surface area (Å²) in [6.45, 7) is 8.87. The molecule has 2 aromatic carbocycles. The molecule has 5 heterocycles. The van der Waals surface area contributed by atoms with Crippen LogP contribution in [0.25, 0.3) is 32.8 Å². The van der Waals surface area contributed by atoms with Crippen LogP contribution in [0, 0.1) is 19.8 Å². The molecule has 17 heteroatoms. The normalized spacial score (nSPS) is 15.8. The van der Waals surface area contributed by atoms with E-state index >= 15 is 0 Å². The van der Waals surface area contributed by atoms with E-state index in [1.54, 1.807) is 54.2 Å². The van der Waals surface area contributed by atoms with E-state index in [2.05, 4.69) is 36.1 Å². The van der Waals surface area contributed by atoms with Gasteiger partial charge in [0, 0.05) is 55.0 Å². The van der Waals surface area contributed by atoms with Crippen LogP contribution in [0.2, 0.25) is 0 Å². The Bertz CT molecular complexity index is 2570. The molecule has 348 valence electrons. The molecule has 6 aromatic rings. The standard InChI is InChI=1S/C49H60N10O6S/c1-30(2)45(43-22-31(3)57-65-43)49(64)59-28-36(60)23-41(59)48(63)54-39(33-16-18-34(19-17-33)46-32(4)52-29-66-46)25-44(62)51-20-12-8-6-5-7-9-13-21-58-27-35(26-53-58)38-24-40(55-56-47(38)50)37-14-10-11-15-42(37)61/h10-11,14-19,22,24,26-27,29-30,36,39,41,45,60-61H,5-9,12-13,20-21,23,25,28H2,1-4H3,(H2,50,56)(H,51,62)(H,54,63)/t36-,39+,41+,45-/m1/s1. The first-order valence-corrected chi connectivity index (χ1v) is 23.7. The second kappa shape index (κ2) is 22.2. The highest BCUT2D eigenvalue weighted by atomic mass is 32.1. The van der Waals surface area contributed by atoms with E-state index in [1.807, 2.05) is 68.0 Å². The van der Waals surface area contributed by atoms with Crippen LogP contribution in [0.1, 0.15) is 106 Å². The molecule has 1 aliphatic heterocycles. The Morgan fingerprint density at radius 3 is 2.38 bits per heavy atom. The van der Waals surface area contributed by atoms with E-state index in [4.69, 9.17) is 10.3 Å². The topological polar surface area (TPSA) is 228 Å². The van der Waals surface area contributed by atoms with E-state index in [9.17, 15) is 24.6 Å². The van der Waals surface area contributed by atoms with Gasteiger partial charge in [-0.1, -0.05) is 87.5 Å². The fourth-order valence-electron chi connectivity index (χ4n) is 8.56. The Balaban J connectivity index is 0.871. The number of hydrogen-bond donors (Lipinski definition) is 5. The van der Waals surface area contributed by atoms with E-state index in [0.29, 0.717) is 40.6 Å². The predicted octanol–water partition coefficient (Wildman–Crippen LogP) is 7.52. The molecule has 66 heavy (non-hydrogen) atoms. The number of nitrogen functional groups attached to an aromatic ring is 1. The quantitative estimate of drug-likeness (QED) is 0.0442. The van der Waals surface area contributed by atoms with Gasteiger partial charge in [-0.25, -0.2) is 4.98 Å². The van der Waals surface area contributed by atoms with Gasteiger partial charge in [0.25, 0.3) is 0 Å². The molecule has 1 saturated heterocycles. The first-order chi connectivity index (χ1) is 31.9. The largest absolute Gasteiger partial charge is 0.507 e. The number of nitrogens with zero attached hydrogens (tertiary/aromatic N) is 7. The molecule has 0 radical (unpaired) electrons. The summed E-state index contributed by atoms with van der Waals surface area (Å²) in [5.41, 5.74) is 14.0. The highest BCUT2D eigenvalue weighted by Crippen LogP contribution is 2.34. The third-order valence-corrected chi connectivity index (χ3v) is 13.1. The number of aromatic nitrogens is 6. The summed E-state index contributed by atoms with van der Waals surface area (Å²) in [6.07, 6.45) is 10.0. The van der Waals surface area contributed by atoms with Crippen LogP contribution < -0.4 is 16.4 Å². The molecule has 7 rings (SSSR count). The molecule has 1 fully saturated rings. The summed E-state index contributed by atoms with van der Waals surface area (Å²) in [5, 5.41) is 44.0. The van der Waals surface area contributed by atoms with Crippen molar-refractivity contribution in [1.82, 2.24) is 45.7 Å². The van der Waals surface area contributed by atoms with Gasteiger partial charge >= 0.3 is 0 Å². The number of rotatable bonds is 21. The summed E-state index contributed by atoms with van der Waals surface area (Å²) in [4.78, 5) is 48.5. The summed E-state index contributed by atoms with van der Waals surface area (Å²) in [5.74, 6) is -0.919. The number of carbonyl (C=O) groups excluding carboxylic acids is 3. The zero-order chi connectivity index (χ0) is 46.7. The number of β-amino-alcohol motifs (C(OH)–C–C–N with tert-alkyl or cyclic N) is 1. The van der Waals surface area contributed by atoms with Crippen LogP contribution in [0.4, 0.5) is 5.82 Å². The van der Waals surface area contributed by atoms with Crippen LogP contribution in [0.3, 0.4) is 0 Å². The average Bonchev–Trinajstić information content (AvgIpc) is 4.13. The Morgan fingerprint density at radius 2 is 1.68 bits per heavy atom. The van der Waals surface area contributed by atoms with Crippen LogP contribution in [0.5, 0.6) is 5.75 Å². The minimum absolute atomic E-state index is 0.00368. The maximum Gasteiger partial charge on any atom is 0.243 e. The minimum atomic E-state index is -0.928. The van der Waals surface area contributed by atoms with Gasteiger partial charge in [0.05, 0.1) is 52.2 Å². The third-order valence-electron chi connectivity index (χ3n) is 12.1. The summed E-state index contributed by atoms with van der Waals surface area (Å²) in [7, 11) is 0. The first kappa shape index (κ1) is 47.5. The third kappa shape index (κ3) is 11.9. The van der Waals surface area contributed by atoms with Crippen LogP contribution in [-0.4, -0.2) is 88.2 Å². The zero-order valence-corrected chi connectivity index (χ0v) is 38.8. The second-order valence-electron chi connectivity index (χ2n) is 17.5. The van der Waals surface area contributed by atoms with Crippen molar-refractivity contribution >= 4 is 34.9 Å². The van der Waals surface area contributed by atoms with E-state index < -0.39 is 30.0 Å². The molecule has 0 spiro atoms. The van der Waals surface area contributed by atoms with Gasteiger partial charge in [0.1, 0.15) is 23.5 Å². The van der Waals surface area contributed by atoms with Crippen molar-refractivity contribution in [1.29, 1.82) is 0 Å². The molecular weight excluding hydrogens is 857 g/mol. The number of nitrogens with two attached hydrogens (primary N) is 1. The molecule has 6 N–H and O–H groups in total. The summed E-state index contributed by atoms with van der Waals surface area (Å²) < 4.78 is 7.40. The number of hydrogen-bond acceptors (Lipinski definition) is 13. The van der Waals surface area contributed by atoms with Crippen molar-refractivity contribution in [3.8, 4) is 38.6 Å². The lowest BCUT2D eigenvalue weighted by molar-refractivity contribution is -0.141. The highest BCUT2D eigenvalue weighted by molar-refractivity contribution is 7.13. The van der Waals surface area contributed by atoms with Crippen LogP contribution >= 0.6 is 11.3 Å². The van der Waals surface area contributed by atoms with E-state index in [-0.39, 0.29) is 42.9 Å². The average molecular weight is 917 g/mol. The molecule has 4 aromatic heterocycles. The second-order valence-corrected chi connectivity index (χ2v) is 18.4. The smallest absolute Gasteiger partial charge is 0.243 e. The van der Waals surface area contributed by atoms with Crippen molar-refractivity contribution in [3.63, 3.8) is 0 Å². The number of amides is 3. The van der Waals surface area contributed by atoms with Crippen LogP contribution in [-0.2, 0) is 20.9 Å². The number of carbonyl (C=O) groups is 3. The van der Waals surface area contributed by atoms with Gasteiger partial charge in [0.2, 0.25) is 17.7 Å². The van der Waals surface area contributed by atoms with Gasteiger partial charge in [-0.15, -0.1) is 21.5 Å². The van der Waals surface area contributed by atoms with Crippen molar-refractivity contribution < 1.29 is 29.1 Å². The molecule has 0 unspecified atom stereocenters. The van der Waals surface area contributed by atoms with E-state index in [0.717, 1.165) is 78.8 Å². The molecule has 0 saturated carbocycles. The number of likely N-dealkylation sites (tertiary alicyclic amines) is 1. The molecule has 4 atom stereocenters. The zero-order valence-electron chi connectivity index (χ0n) is 38.0. The Kier molecular flexibility index (Phi) is 15.9. The SMILES string of the molecule is Cc1cc([C@H](C(=O)N2C[C@H](O)C[C@H]2C(=O)N[C@@H](CC(=O)NCCCCCCCCCn2cc(-c3cc(-c4ccccc4O)nnc3N)cn2)c2ccc(-c3scnc3C)cc2)C(C)C)on1. The lowest BCUT2D eigenvalue weighted by Crippen LogP contribution is -2.49. The Morgan fingerprint density at radius 1 is 0.939 bits per heavy atom. The number of phenols is 1. The number of thiazole rings is 1. The van der Waals surface area contributed by atoms with Crippen molar-refractivity contribution in [2.24, 2.45) is 5.92 Å². The molecule has 16 nitrogen and oxygen atoms in total. The van der Waals surface area contributed by atoms with Gasteiger partial charge in [-0.2, -0.15) is 5.10 Å². The maximum atomic E-state index is 14.1. The fourth-order valence-corrected chi connectivity index (χ4v) is 9.37. The number of anilines is 1. The van der Waals surface area contributed by atoms with Gasteiger partial charge in [0.15, 0.2) is 5.82 Å². The summed E-state index contributed by atoms with van der Waals surface area (Å²) in [6, 6.07) is 16.7. The maximum absolute atomic E-state index is 14.1. The van der Waals surface area contributed by atoms with Gasteiger partial charge in [-0.3, -0.25) is 19.1 Å². The van der Waals surface area contributed by atoms with Crippen molar-refractivity contribution in [2.75, 3.05) is 18.8 Å². The van der Waals surface area contributed by atoms with Crippen molar-refractivity contribution in [3.05, 3.63) is 101 Å². The molecule has 0 aliphatic carbocycles. The number of aromatic hydroxyl groups is 1. The number of aliphatic hydroxyl groups excluding tert-OH is 1. The highest BCUT2D eigenvalue weighted by Gasteiger charge is 2.43. The molecule has 3 amide bonds. The monoisotopic (exact) mass is 916 g/mol. The van der Waals surface area contributed by atoms with Crippen LogP contribution in [0.15, 0.2) is 83.1 Å². The summed E-state index contributed by atoms with van der Waals surface area (Å²) >= 11 is 1.55. The minimum Gasteiger partial charge on any atom is -0.507 e. The lowest BCUT2D eigenvalue weighted by Gasteiger charge is -2.30. The number of aryl methyl sites for hydroxylation is 3. The lowest BCUT2D eigenvalue weighted by atomic mass is 9.91. The fraction of sp³-hybridized carbons (Fsp3) is 0.429. The first-order valence-electron chi connectivity index (χ1n) is 22.8. The number of nitrogens with one attached hydrogen (secondary N) is 2. The molecule has 0 bridgehead atoms. The number of aliphatic hydroxyl groups is 1. The Hall–Kier alpha value is -6.46. The Labute approximate surface area is 389 Å². The van der Waals surface area contributed by atoms with E-state index in [1.165, 1.54) is 4.90 Å². The number of phenolic OH excluding ortho intramolecular Hbond substituents is 1. The molecule has 1 aliphatic rings.